The molecule has 2 aromatic rings. The second-order valence-corrected chi connectivity index (χ2v) is 7.29. The van der Waals surface area contributed by atoms with Crippen LogP contribution in [-0.4, -0.2) is 38.3 Å². The smallest absolute Gasteiger partial charge is 0.339 e. The Balaban J connectivity index is 2.15. The summed E-state index contributed by atoms with van der Waals surface area (Å²) in [7, 11) is 1.47. The first-order valence-corrected chi connectivity index (χ1v) is 10.5. The van der Waals surface area contributed by atoms with Crippen molar-refractivity contribution in [1.82, 2.24) is 0 Å². The number of anilines is 1. The molecule has 0 radical (unpaired) electrons. The van der Waals surface area contributed by atoms with Gasteiger partial charge in [0.25, 0.3) is 5.91 Å². The lowest BCUT2D eigenvalue weighted by Gasteiger charge is -2.17. The van der Waals surface area contributed by atoms with Crippen LogP contribution in [-0.2, 0) is 9.53 Å². The average Bonchev–Trinajstić information content (AvgIpc) is 2.73. The monoisotopic (exact) mass is 469 g/mol. The first kappa shape index (κ1) is 24.6. The van der Waals surface area contributed by atoms with E-state index in [9.17, 15) is 9.59 Å². The fourth-order valence-electron chi connectivity index (χ4n) is 2.59. The van der Waals surface area contributed by atoms with Gasteiger partial charge in [-0.25, -0.2) is 4.79 Å². The number of carbonyl (C=O) groups excluding carboxylic acids is 2. The molecule has 168 valence electrons. The highest BCUT2D eigenvalue weighted by atomic mass is 35.5. The van der Waals surface area contributed by atoms with E-state index in [0.717, 1.165) is 6.42 Å². The van der Waals surface area contributed by atoms with Crippen molar-refractivity contribution in [3.05, 3.63) is 45.9 Å². The third-order valence-corrected chi connectivity index (χ3v) is 4.58. The summed E-state index contributed by atoms with van der Waals surface area (Å²) in [5, 5.41) is 3.27. The number of carbonyl (C=O) groups is 2. The van der Waals surface area contributed by atoms with E-state index in [-0.39, 0.29) is 10.6 Å². The van der Waals surface area contributed by atoms with E-state index in [1.807, 2.05) is 6.92 Å². The number of methoxy groups -OCH3 is 1. The molecule has 0 bridgehead atoms. The van der Waals surface area contributed by atoms with Crippen molar-refractivity contribution in [1.29, 1.82) is 0 Å². The second kappa shape index (κ2) is 11.7. The second-order valence-electron chi connectivity index (χ2n) is 6.45. The predicted molar refractivity (Wildman–Crippen MR) is 120 cm³/mol. The van der Waals surface area contributed by atoms with Crippen LogP contribution >= 0.6 is 23.2 Å². The molecule has 1 amide bonds. The highest BCUT2D eigenvalue weighted by Crippen LogP contribution is 2.37. The number of nitrogens with one attached hydrogen (secondary N) is 1. The van der Waals surface area contributed by atoms with Crippen molar-refractivity contribution in [2.24, 2.45) is 0 Å². The first-order chi connectivity index (χ1) is 14.8. The van der Waals surface area contributed by atoms with Crippen molar-refractivity contribution >= 4 is 40.8 Å². The molecule has 0 spiro atoms. The van der Waals surface area contributed by atoms with E-state index in [0.29, 0.717) is 41.2 Å². The number of ether oxygens (including phenoxy) is 4. The van der Waals surface area contributed by atoms with Crippen LogP contribution in [0.1, 0.15) is 37.6 Å². The van der Waals surface area contributed by atoms with Gasteiger partial charge in [0.1, 0.15) is 5.75 Å². The van der Waals surface area contributed by atoms with Gasteiger partial charge in [0.15, 0.2) is 17.6 Å². The summed E-state index contributed by atoms with van der Waals surface area (Å²) in [6, 6.07) is 7.69. The summed E-state index contributed by atoms with van der Waals surface area (Å²) in [5.41, 5.74) is 0.499. The van der Waals surface area contributed by atoms with Crippen molar-refractivity contribution in [3.63, 3.8) is 0 Å². The summed E-state index contributed by atoms with van der Waals surface area (Å²) in [4.78, 5) is 25.1. The summed E-state index contributed by atoms with van der Waals surface area (Å²) < 4.78 is 21.7. The number of hydrogen-bond acceptors (Lipinski definition) is 6. The minimum atomic E-state index is -1.10. The Hall–Kier alpha value is -2.64. The van der Waals surface area contributed by atoms with Crippen LogP contribution in [0.2, 0.25) is 10.0 Å². The molecule has 31 heavy (non-hydrogen) atoms. The lowest BCUT2D eigenvalue weighted by molar-refractivity contribution is -0.123. The zero-order chi connectivity index (χ0) is 23.0. The molecular weight excluding hydrogens is 445 g/mol. The van der Waals surface area contributed by atoms with Gasteiger partial charge in [-0.1, -0.05) is 30.1 Å². The van der Waals surface area contributed by atoms with Gasteiger partial charge in [-0.2, -0.15) is 0 Å². The largest absolute Gasteiger partial charge is 0.495 e. The van der Waals surface area contributed by atoms with E-state index in [2.05, 4.69) is 5.32 Å². The molecule has 0 aliphatic carbocycles. The minimum Gasteiger partial charge on any atom is -0.495 e. The van der Waals surface area contributed by atoms with Gasteiger partial charge in [-0.3, -0.25) is 4.79 Å². The number of esters is 1. The van der Waals surface area contributed by atoms with Crippen molar-refractivity contribution in [2.45, 2.75) is 33.3 Å². The van der Waals surface area contributed by atoms with E-state index >= 15 is 0 Å². The first-order valence-electron chi connectivity index (χ1n) is 9.75. The highest BCUT2D eigenvalue weighted by Gasteiger charge is 2.23. The molecule has 0 aromatic heterocycles. The highest BCUT2D eigenvalue weighted by molar-refractivity contribution is 6.32. The van der Waals surface area contributed by atoms with Crippen molar-refractivity contribution in [3.8, 4) is 17.2 Å². The molecule has 0 aliphatic rings. The Labute approximate surface area is 191 Å². The molecule has 2 rings (SSSR count). The molecule has 9 heteroatoms. The van der Waals surface area contributed by atoms with Crippen molar-refractivity contribution < 1.29 is 28.5 Å². The molecule has 1 unspecified atom stereocenters. The van der Waals surface area contributed by atoms with Crippen LogP contribution in [0.4, 0.5) is 5.69 Å². The van der Waals surface area contributed by atoms with Crippen LogP contribution < -0.4 is 19.5 Å². The molecule has 2 aromatic carbocycles. The summed E-state index contributed by atoms with van der Waals surface area (Å²) >= 11 is 12.3. The molecule has 0 saturated carbocycles. The molecule has 0 aliphatic heterocycles. The Morgan fingerprint density at radius 3 is 2.45 bits per heavy atom. The molecule has 1 atom stereocenters. The van der Waals surface area contributed by atoms with Crippen LogP contribution in [0.25, 0.3) is 0 Å². The normalized spacial score (nSPS) is 11.4. The standard InChI is InChI=1S/C22H25Cl2NO6/c1-5-9-30-20-16(24)10-14(11-19(20)29-6-2)22(27)31-13(3)21(26)25-17-12-15(23)7-8-18(17)28-4/h7-8,10-13H,5-6,9H2,1-4H3,(H,25,26). The molecule has 0 fully saturated rings. The molecular formula is C22H25Cl2NO6. The summed E-state index contributed by atoms with van der Waals surface area (Å²) in [6.45, 7) is 6.03. The predicted octanol–water partition coefficient (Wildman–Crippen LogP) is 5.37. The lowest BCUT2D eigenvalue weighted by Crippen LogP contribution is -2.30. The van der Waals surface area contributed by atoms with E-state index in [1.165, 1.54) is 32.2 Å². The Morgan fingerprint density at radius 1 is 1.06 bits per heavy atom. The van der Waals surface area contributed by atoms with Crippen LogP contribution in [0, 0.1) is 0 Å². The van der Waals surface area contributed by atoms with Crippen LogP contribution in [0.3, 0.4) is 0 Å². The van der Waals surface area contributed by atoms with Crippen LogP contribution in [0.15, 0.2) is 30.3 Å². The topological polar surface area (TPSA) is 83.1 Å². The van der Waals surface area contributed by atoms with Gasteiger partial charge in [0.2, 0.25) is 0 Å². The fourth-order valence-corrected chi connectivity index (χ4v) is 3.02. The minimum absolute atomic E-state index is 0.136. The molecule has 1 N–H and O–H groups in total. The maximum atomic E-state index is 12.6. The molecule has 0 saturated heterocycles. The summed E-state index contributed by atoms with van der Waals surface area (Å²) in [5.74, 6) is -0.164. The Kier molecular flexibility index (Phi) is 9.27. The summed E-state index contributed by atoms with van der Waals surface area (Å²) in [6.07, 6.45) is -0.308. The SMILES string of the molecule is CCCOc1c(Cl)cc(C(=O)OC(C)C(=O)Nc2cc(Cl)ccc2OC)cc1OCC. The third-order valence-electron chi connectivity index (χ3n) is 4.07. The molecule has 0 heterocycles. The van der Waals surface area contributed by atoms with Gasteiger partial charge >= 0.3 is 5.97 Å². The molecule has 7 nitrogen and oxygen atoms in total. The lowest BCUT2D eigenvalue weighted by atomic mass is 10.2. The van der Waals surface area contributed by atoms with E-state index in [4.69, 9.17) is 42.1 Å². The zero-order valence-electron chi connectivity index (χ0n) is 17.8. The van der Waals surface area contributed by atoms with E-state index in [1.54, 1.807) is 19.1 Å². The average molecular weight is 470 g/mol. The van der Waals surface area contributed by atoms with Gasteiger partial charge in [-0.05, 0) is 50.6 Å². The maximum absolute atomic E-state index is 12.6. The number of halogens is 2. The van der Waals surface area contributed by atoms with Gasteiger partial charge in [0.05, 0.1) is 36.6 Å². The van der Waals surface area contributed by atoms with Gasteiger partial charge in [-0.15, -0.1) is 0 Å². The van der Waals surface area contributed by atoms with Crippen LogP contribution in [0.5, 0.6) is 17.2 Å². The maximum Gasteiger partial charge on any atom is 0.339 e. The number of rotatable bonds is 10. The quantitative estimate of drug-likeness (QED) is 0.470. The fraction of sp³-hybridized carbons (Fsp3) is 0.364. The third kappa shape index (κ3) is 6.67. The van der Waals surface area contributed by atoms with Gasteiger partial charge < -0.3 is 24.3 Å². The van der Waals surface area contributed by atoms with Gasteiger partial charge in [0, 0.05) is 5.02 Å². The zero-order valence-corrected chi connectivity index (χ0v) is 19.3. The number of amides is 1. The Bertz CT molecular complexity index is 934. The number of hydrogen-bond donors (Lipinski definition) is 1. The number of benzene rings is 2. The van der Waals surface area contributed by atoms with E-state index < -0.39 is 18.0 Å². The van der Waals surface area contributed by atoms with Crippen molar-refractivity contribution in [2.75, 3.05) is 25.6 Å². The Morgan fingerprint density at radius 2 is 1.81 bits per heavy atom.